The summed E-state index contributed by atoms with van der Waals surface area (Å²) in [6.45, 7) is 4.50. The van der Waals surface area contributed by atoms with E-state index < -0.39 is 0 Å². The maximum Gasteiger partial charge on any atom is 0.309 e. The number of carbonyl (C=O) groups is 2. The minimum Gasteiger partial charge on any atom is -0.465 e. The van der Waals surface area contributed by atoms with Crippen LogP contribution in [-0.4, -0.2) is 18.9 Å². The van der Waals surface area contributed by atoms with Crippen molar-refractivity contribution in [1.29, 1.82) is 0 Å². The van der Waals surface area contributed by atoms with Gasteiger partial charge in [0.15, 0.2) is 6.29 Å². The summed E-state index contributed by atoms with van der Waals surface area (Å²) in [6, 6.07) is 15.6. The lowest BCUT2D eigenvalue weighted by Crippen LogP contribution is -2.04. The molecule has 3 heteroatoms. The molecule has 27 heavy (non-hydrogen) atoms. The third-order valence-electron chi connectivity index (χ3n) is 4.19. The number of benzene rings is 2. The SMILES string of the molecule is CCCCOC(=O)C/C=C/C(=C/c1ccccc1)c1c(C)cccc1C=O. The van der Waals surface area contributed by atoms with E-state index in [-0.39, 0.29) is 12.4 Å². The number of esters is 1. The van der Waals surface area contributed by atoms with E-state index in [0.29, 0.717) is 12.2 Å². The van der Waals surface area contributed by atoms with E-state index in [4.69, 9.17) is 4.74 Å². The van der Waals surface area contributed by atoms with Crippen LogP contribution in [0.1, 0.15) is 53.2 Å². The molecule has 2 aromatic carbocycles. The van der Waals surface area contributed by atoms with Crippen LogP contribution in [0.2, 0.25) is 0 Å². The molecule has 0 aliphatic carbocycles. The molecule has 0 amide bonds. The standard InChI is InChI=1S/C24H26O3/c1-3-4-16-27-23(26)15-9-13-21(17-20-11-6-5-7-12-20)24-19(2)10-8-14-22(24)18-25/h5-14,17-18H,3-4,15-16H2,1-2H3/b13-9+,21-17-. The first-order valence-electron chi connectivity index (χ1n) is 9.29. The van der Waals surface area contributed by atoms with Gasteiger partial charge < -0.3 is 4.74 Å². The maximum absolute atomic E-state index is 11.8. The Balaban J connectivity index is 2.30. The predicted octanol–water partition coefficient (Wildman–Crippen LogP) is 5.64. The van der Waals surface area contributed by atoms with Gasteiger partial charge in [-0.1, -0.05) is 74.0 Å². The minimum atomic E-state index is -0.237. The van der Waals surface area contributed by atoms with Gasteiger partial charge in [0.2, 0.25) is 0 Å². The topological polar surface area (TPSA) is 43.4 Å². The van der Waals surface area contributed by atoms with E-state index in [1.54, 1.807) is 12.1 Å². The summed E-state index contributed by atoms with van der Waals surface area (Å²) in [5.41, 5.74) is 4.45. The van der Waals surface area contributed by atoms with E-state index in [1.165, 1.54) is 0 Å². The zero-order chi connectivity index (χ0) is 19.5. The molecule has 0 spiro atoms. The number of allylic oxidation sites excluding steroid dienone is 2. The monoisotopic (exact) mass is 362 g/mol. The average Bonchev–Trinajstić information content (AvgIpc) is 2.68. The molecule has 3 nitrogen and oxygen atoms in total. The van der Waals surface area contributed by atoms with Crippen LogP contribution in [0, 0.1) is 6.92 Å². The Morgan fingerprint density at radius 1 is 1.07 bits per heavy atom. The van der Waals surface area contributed by atoms with Gasteiger partial charge in [0.1, 0.15) is 0 Å². The van der Waals surface area contributed by atoms with Crippen LogP contribution in [0.15, 0.2) is 60.7 Å². The second-order valence-electron chi connectivity index (χ2n) is 6.35. The van der Waals surface area contributed by atoms with Crippen molar-refractivity contribution in [3.63, 3.8) is 0 Å². The van der Waals surface area contributed by atoms with Crippen LogP contribution in [-0.2, 0) is 9.53 Å². The van der Waals surface area contributed by atoms with Crippen molar-refractivity contribution in [2.45, 2.75) is 33.1 Å². The normalized spacial score (nSPS) is 11.6. The van der Waals surface area contributed by atoms with Crippen LogP contribution in [0.25, 0.3) is 11.6 Å². The zero-order valence-corrected chi connectivity index (χ0v) is 16.0. The van der Waals surface area contributed by atoms with Crippen LogP contribution >= 0.6 is 0 Å². The molecule has 2 aromatic rings. The number of rotatable bonds is 9. The van der Waals surface area contributed by atoms with E-state index in [9.17, 15) is 9.59 Å². The number of ether oxygens (including phenoxy) is 1. The third kappa shape index (κ3) is 6.37. The summed E-state index contributed by atoms with van der Waals surface area (Å²) < 4.78 is 5.19. The van der Waals surface area contributed by atoms with E-state index >= 15 is 0 Å². The highest BCUT2D eigenvalue weighted by molar-refractivity contribution is 5.96. The molecule has 0 saturated carbocycles. The van der Waals surface area contributed by atoms with Crippen LogP contribution in [0.5, 0.6) is 0 Å². The summed E-state index contributed by atoms with van der Waals surface area (Å²) in [5.74, 6) is -0.237. The second-order valence-corrected chi connectivity index (χ2v) is 6.35. The van der Waals surface area contributed by atoms with Gasteiger partial charge in [0.05, 0.1) is 13.0 Å². The highest BCUT2D eigenvalue weighted by Crippen LogP contribution is 2.26. The summed E-state index contributed by atoms with van der Waals surface area (Å²) in [4.78, 5) is 23.4. The third-order valence-corrected chi connectivity index (χ3v) is 4.19. The number of aryl methyl sites for hydroxylation is 1. The predicted molar refractivity (Wildman–Crippen MR) is 111 cm³/mol. The van der Waals surface area contributed by atoms with Crippen LogP contribution in [0.3, 0.4) is 0 Å². The van der Waals surface area contributed by atoms with Gasteiger partial charge >= 0.3 is 5.97 Å². The summed E-state index contributed by atoms with van der Waals surface area (Å²) in [7, 11) is 0. The second kappa shape index (κ2) is 10.9. The first-order chi connectivity index (χ1) is 13.2. The van der Waals surface area contributed by atoms with Gasteiger partial charge in [0, 0.05) is 5.56 Å². The first-order valence-corrected chi connectivity index (χ1v) is 9.29. The Kier molecular flexibility index (Phi) is 8.24. The van der Waals surface area contributed by atoms with Crippen molar-refractivity contribution in [1.82, 2.24) is 0 Å². The van der Waals surface area contributed by atoms with Gasteiger partial charge in [-0.15, -0.1) is 0 Å². The molecule has 0 aromatic heterocycles. The van der Waals surface area contributed by atoms with Gasteiger partial charge in [0.25, 0.3) is 0 Å². The van der Waals surface area contributed by atoms with Gasteiger partial charge in [-0.05, 0) is 41.7 Å². The average molecular weight is 362 g/mol. The van der Waals surface area contributed by atoms with Gasteiger partial charge in [-0.3, -0.25) is 9.59 Å². The molecule has 0 N–H and O–H groups in total. The highest BCUT2D eigenvalue weighted by atomic mass is 16.5. The molecule has 140 valence electrons. The quantitative estimate of drug-likeness (QED) is 0.191. The van der Waals surface area contributed by atoms with E-state index in [0.717, 1.165) is 41.4 Å². The lowest BCUT2D eigenvalue weighted by atomic mass is 9.93. The fourth-order valence-electron chi connectivity index (χ4n) is 2.79. The molecule has 0 aliphatic rings. The molecule has 0 atom stereocenters. The van der Waals surface area contributed by atoms with Crippen LogP contribution in [0.4, 0.5) is 0 Å². The molecular formula is C24H26O3. The molecule has 0 saturated heterocycles. The Hall–Kier alpha value is -2.94. The molecular weight excluding hydrogens is 336 g/mol. The highest BCUT2D eigenvalue weighted by Gasteiger charge is 2.09. The summed E-state index contributed by atoms with van der Waals surface area (Å²) >= 11 is 0. The fraction of sp³-hybridized carbons (Fsp3) is 0.250. The maximum atomic E-state index is 11.8. The van der Waals surface area contributed by atoms with Crippen molar-refractivity contribution in [2.24, 2.45) is 0 Å². The first kappa shape index (κ1) is 20.4. The van der Waals surface area contributed by atoms with Crippen molar-refractivity contribution in [2.75, 3.05) is 6.61 Å². The van der Waals surface area contributed by atoms with Crippen molar-refractivity contribution in [3.05, 3.63) is 82.9 Å². The van der Waals surface area contributed by atoms with E-state index in [1.807, 2.05) is 61.5 Å². The molecule has 0 heterocycles. The van der Waals surface area contributed by atoms with Crippen molar-refractivity contribution < 1.29 is 14.3 Å². The molecule has 2 rings (SSSR count). The molecule has 0 bridgehead atoms. The number of hydrogen-bond acceptors (Lipinski definition) is 3. The molecule has 0 fully saturated rings. The smallest absolute Gasteiger partial charge is 0.309 e. The lowest BCUT2D eigenvalue weighted by molar-refractivity contribution is -0.142. The Labute approximate surface area is 161 Å². The van der Waals surface area contributed by atoms with Crippen molar-refractivity contribution >= 4 is 23.9 Å². The Morgan fingerprint density at radius 2 is 1.85 bits per heavy atom. The Morgan fingerprint density at radius 3 is 2.56 bits per heavy atom. The number of aldehydes is 1. The van der Waals surface area contributed by atoms with Crippen molar-refractivity contribution in [3.8, 4) is 0 Å². The largest absolute Gasteiger partial charge is 0.465 e. The van der Waals surface area contributed by atoms with E-state index in [2.05, 4.69) is 6.92 Å². The Bertz CT molecular complexity index is 817. The van der Waals surface area contributed by atoms with Gasteiger partial charge in [-0.2, -0.15) is 0 Å². The number of unbranched alkanes of at least 4 members (excludes halogenated alkanes) is 1. The fourth-order valence-corrected chi connectivity index (χ4v) is 2.79. The van der Waals surface area contributed by atoms with Gasteiger partial charge in [-0.25, -0.2) is 0 Å². The molecule has 0 aliphatic heterocycles. The molecule has 0 unspecified atom stereocenters. The summed E-state index contributed by atoms with van der Waals surface area (Å²) in [5, 5.41) is 0. The number of carbonyl (C=O) groups excluding carboxylic acids is 2. The minimum absolute atomic E-state index is 0.206. The zero-order valence-electron chi connectivity index (χ0n) is 16.0. The molecule has 0 radical (unpaired) electrons. The lowest BCUT2D eigenvalue weighted by Gasteiger charge is -2.11. The summed E-state index contributed by atoms with van der Waals surface area (Å²) in [6.07, 6.45) is 8.66. The number of hydrogen-bond donors (Lipinski definition) is 0. The van der Waals surface area contributed by atoms with Crippen LogP contribution < -0.4 is 0 Å².